The van der Waals surface area contributed by atoms with Gasteiger partial charge in [0, 0.05) is 23.3 Å². The molecular formula is C24H32ClFN4. The number of hydrogen-bond acceptors (Lipinski definition) is 3. The van der Waals surface area contributed by atoms with Crippen LogP contribution in [-0.4, -0.2) is 22.6 Å². The average Bonchev–Trinajstić information content (AvgIpc) is 3.14. The monoisotopic (exact) mass is 430 g/mol. The van der Waals surface area contributed by atoms with Crippen LogP contribution >= 0.6 is 11.6 Å². The molecule has 0 aliphatic rings. The van der Waals surface area contributed by atoms with Gasteiger partial charge in [-0.05, 0) is 56.1 Å². The van der Waals surface area contributed by atoms with Crippen LogP contribution in [0.1, 0.15) is 38.6 Å². The van der Waals surface area contributed by atoms with Gasteiger partial charge in [-0.15, -0.1) is 0 Å². The van der Waals surface area contributed by atoms with E-state index < -0.39 is 0 Å². The molecule has 0 saturated heterocycles. The number of nitrogens with one attached hydrogen (secondary N) is 1. The Bertz CT molecular complexity index is 870. The Morgan fingerprint density at radius 3 is 2.87 bits per heavy atom. The number of halogens is 2. The first kappa shape index (κ1) is 24.1. The number of aromatic nitrogens is 2. The van der Waals surface area contributed by atoms with Crippen molar-refractivity contribution in [2.75, 3.05) is 13.1 Å². The molecule has 30 heavy (non-hydrogen) atoms. The van der Waals surface area contributed by atoms with Gasteiger partial charge >= 0.3 is 0 Å². The Kier molecular flexibility index (Phi) is 10.0. The van der Waals surface area contributed by atoms with Gasteiger partial charge < -0.3 is 15.6 Å². The summed E-state index contributed by atoms with van der Waals surface area (Å²) < 4.78 is 15.3. The lowest BCUT2D eigenvalue weighted by molar-refractivity contribution is 0.379. The van der Waals surface area contributed by atoms with Crippen molar-refractivity contribution in [3.8, 4) is 11.3 Å². The van der Waals surface area contributed by atoms with Gasteiger partial charge in [0.1, 0.15) is 11.7 Å². The SMILES string of the molecule is C=C/C(F)=C\C=C/CCn1cc(-c2cccc(Cl)c2)nc1C(NCCCN)C(C)C. The van der Waals surface area contributed by atoms with Crippen LogP contribution in [-0.2, 0) is 6.54 Å². The molecule has 0 amide bonds. The molecule has 1 aromatic heterocycles. The predicted molar refractivity (Wildman–Crippen MR) is 125 cm³/mol. The van der Waals surface area contributed by atoms with Gasteiger partial charge in [0.25, 0.3) is 0 Å². The third-order valence-electron chi connectivity index (χ3n) is 4.74. The average molecular weight is 431 g/mol. The van der Waals surface area contributed by atoms with Crippen molar-refractivity contribution < 1.29 is 4.39 Å². The van der Waals surface area contributed by atoms with E-state index in [4.69, 9.17) is 22.3 Å². The van der Waals surface area contributed by atoms with E-state index >= 15 is 0 Å². The van der Waals surface area contributed by atoms with Gasteiger partial charge in [-0.25, -0.2) is 9.37 Å². The zero-order valence-corrected chi connectivity index (χ0v) is 18.6. The zero-order valence-electron chi connectivity index (χ0n) is 17.8. The van der Waals surface area contributed by atoms with Crippen molar-refractivity contribution >= 4 is 11.6 Å². The van der Waals surface area contributed by atoms with Crippen molar-refractivity contribution in [3.05, 3.63) is 78.0 Å². The summed E-state index contributed by atoms with van der Waals surface area (Å²) in [5.74, 6) is 0.997. The maximum atomic E-state index is 13.2. The number of aryl methyl sites for hydroxylation is 1. The van der Waals surface area contributed by atoms with Crippen LogP contribution in [0.3, 0.4) is 0 Å². The number of benzene rings is 1. The molecule has 4 nitrogen and oxygen atoms in total. The summed E-state index contributed by atoms with van der Waals surface area (Å²) in [4.78, 5) is 4.96. The van der Waals surface area contributed by atoms with Crippen LogP contribution in [0.5, 0.6) is 0 Å². The number of hydrogen-bond donors (Lipinski definition) is 2. The molecule has 6 heteroatoms. The Labute approximate surface area is 184 Å². The molecule has 0 radical (unpaired) electrons. The Morgan fingerprint density at radius 1 is 1.40 bits per heavy atom. The number of nitrogens with two attached hydrogens (primary N) is 1. The predicted octanol–water partition coefficient (Wildman–Crippen LogP) is 5.82. The molecule has 3 N–H and O–H groups in total. The van der Waals surface area contributed by atoms with E-state index in [9.17, 15) is 4.39 Å². The van der Waals surface area contributed by atoms with Gasteiger partial charge in [-0.3, -0.25) is 0 Å². The van der Waals surface area contributed by atoms with Gasteiger partial charge in [0.2, 0.25) is 0 Å². The van der Waals surface area contributed by atoms with Crippen molar-refractivity contribution in [2.45, 2.75) is 39.3 Å². The summed E-state index contributed by atoms with van der Waals surface area (Å²) in [6, 6.07) is 7.82. The lowest BCUT2D eigenvalue weighted by atomic mass is 10.0. The molecule has 0 aliphatic heterocycles. The molecule has 162 valence electrons. The smallest absolute Gasteiger partial charge is 0.126 e. The summed E-state index contributed by atoms with van der Waals surface area (Å²) in [5.41, 5.74) is 7.53. The fourth-order valence-corrected chi connectivity index (χ4v) is 3.36. The quantitative estimate of drug-likeness (QED) is 0.329. The van der Waals surface area contributed by atoms with Crippen LogP contribution in [0, 0.1) is 5.92 Å². The standard InChI is InChI=1S/C24H32ClFN4/c1-4-21(26)12-6-5-7-15-30-17-22(19-10-8-11-20(25)16-19)29-24(30)23(18(2)3)28-14-9-13-27/h4-6,8,10-12,16-18,23,28H,1,7,9,13-15,27H2,2-3H3/b6-5-,21-12+. The Morgan fingerprint density at radius 2 is 2.20 bits per heavy atom. The first-order chi connectivity index (χ1) is 14.5. The van der Waals surface area contributed by atoms with E-state index in [0.29, 0.717) is 17.5 Å². The second-order valence-corrected chi connectivity index (χ2v) is 7.92. The molecule has 0 fully saturated rings. The molecule has 1 unspecified atom stereocenters. The maximum absolute atomic E-state index is 13.2. The first-order valence-electron chi connectivity index (χ1n) is 10.4. The Balaban J connectivity index is 2.30. The zero-order chi connectivity index (χ0) is 21.9. The third-order valence-corrected chi connectivity index (χ3v) is 4.98. The summed E-state index contributed by atoms with van der Waals surface area (Å²) >= 11 is 6.18. The summed E-state index contributed by atoms with van der Waals surface area (Å²) in [5, 5.41) is 4.28. The van der Waals surface area contributed by atoms with E-state index in [0.717, 1.165) is 43.0 Å². The van der Waals surface area contributed by atoms with Crippen LogP contribution < -0.4 is 11.1 Å². The molecule has 0 spiro atoms. The second kappa shape index (κ2) is 12.5. The number of rotatable bonds is 12. The van der Waals surface area contributed by atoms with Crippen LogP contribution in [0.15, 0.2) is 67.2 Å². The molecular weight excluding hydrogens is 399 g/mol. The van der Waals surface area contributed by atoms with Gasteiger partial charge in [-0.1, -0.05) is 56.3 Å². The van der Waals surface area contributed by atoms with Crippen molar-refractivity contribution in [3.63, 3.8) is 0 Å². The van der Waals surface area contributed by atoms with Crippen LogP contribution in [0.25, 0.3) is 11.3 Å². The minimum absolute atomic E-state index is 0.103. The highest BCUT2D eigenvalue weighted by Crippen LogP contribution is 2.27. The lowest BCUT2D eigenvalue weighted by Gasteiger charge is -2.23. The fourth-order valence-electron chi connectivity index (χ4n) is 3.17. The van der Waals surface area contributed by atoms with Gasteiger partial charge in [0.15, 0.2) is 0 Å². The van der Waals surface area contributed by atoms with E-state index in [2.05, 4.69) is 36.5 Å². The molecule has 0 saturated carbocycles. The van der Waals surface area contributed by atoms with E-state index in [1.165, 1.54) is 12.2 Å². The summed E-state index contributed by atoms with van der Waals surface area (Å²) in [6.45, 7) is 10.0. The van der Waals surface area contributed by atoms with Gasteiger partial charge in [0.05, 0.1) is 11.7 Å². The first-order valence-corrected chi connectivity index (χ1v) is 10.7. The third kappa shape index (κ3) is 7.24. The molecule has 1 atom stereocenters. The van der Waals surface area contributed by atoms with Crippen molar-refractivity contribution in [2.24, 2.45) is 11.7 Å². The largest absolute Gasteiger partial charge is 0.333 e. The molecule has 1 aromatic carbocycles. The topological polar surface area (TPSA) is 55.9 Å². The summed E-state index contributed by atoms with van der Waals surface area (Å²) in [6.07, 6.45) is 9.99. The normalized spacial score (nSPS) is 13.3. The van der Waals surface area contributed by atoms with E-state index in [1.54, 1.807) is 6.08 Å². The molecule has 0 aliphatic carbocycles. The minimum Gasteiger partial charge on any atom is -0.333 e. The number of allylic oxidation sites excluding steroid dienone is 5. The van der Waals surface area contributed by atoms with Gasteiger partial charge in [-0.2, -0.15) is 0 Å². The van der Waals surface area contributed by atoms with E-state index in [1.807, 2.05) is 30.3 Å². The van der Waals surface area contributed by atoms with Crippen LogP contribution in [0.2, 0.25) is 5.02 Å². The van der Waals surface area contributed by atoms with Crippen molar-refractivity contribution in [1.82, 2.24) is 14.9 Å². The lowest BCUT2D eigenvalue weighted by Crippen LogP contribution is -2.30. The molecule has 1 heterocycles. The van der Waals surface area contributed by atoms with Crippen LogP contribution in [0.4, 0.5) is 4.39 Å². The highest BCUT2D eigenvalue weighted by atomic mass is 35.5. The van der Waals surface area contributed by atoms with Crippen molar-refractivity contribution in [1.29, 1.82) is 0 Å². The minimum atomic E-state index is -0.346. The Hall–Kier alpha value is -2.21. The number of imidazole rings is 1. The second-order valence-electron chi connectivity index (χ2n) is 7.48. The molecule has 2 rings (SSSR count). The molecule has 0 bridgehead atoms. The molecule has 2 aromatic rings. The fraction of sp³-hybridized carbons (Fsp3) is 0.375. The van der Waals surface area contributed by atoms with E-state index in [-0.39, 0.29) is 11.9 Å². The number of nitrogens with zero attached hydrogens (tertiary/aromatic N) is 2. The highest BCUT2D eigenvalue weighted by molar-refractivity contribution is 6.30. The maximum Gasteiger partial charge on any atom is 0.126 e. The summed E-state index contributed by atoms with van der Waals surface area (Å²) in [7, 11) is 0. The highest BCUT2D eigenvalue weighted by Gasteiger charge is 2.22.